The molecular formula is C18H22N2O3S. The number of sulfonamides is 1. The lowest BCUT2D eigenvalue weighted by molar-refractivity contribution is 0.415. The van der Waals surface area contributed by atoms with Crippen LogP contribution >= 0.6 is 0 Å². The standard InChI is InChI=1S/C18H22N2O3S/c1-14-4-10-18(11-5-14)24(21,22)20-12-15(2)19-13-16-6-8-17(23-3)9-7-16/h4-11,13,15,20H,12H2,1-3H3/t15-/m1/s1. The van der Waals surface area contributed by atoms with Crippen LogP contribution < -0.4 is 9.46 Å². The maximum atomic E-state index is 12.2. The van der Waals surface area contributed by atoms with Crippen molar-refractivity contribution in [3.63, 3.8) is 0 Å². The number of rotatable bonds is 7. The first-order valence-corrected chi connectivity index (χ1v) is 9.12. The van der Waals surface area contributed by atoms with Gasteiger partial charge in [-0.2, -0.15) is 0 Å². The highest BCUT2D eigenvalue weighted by Crippen LogP contribution is 2.11. The molecule has 0 saturated heterocycles. The van der Waals surface area contributed by atoms with E-state index in [9.17, 15) is 8.42 Å². The molecule has 5 nitrogen and oxygen atoms in total. The van der Waals surface area contributed by atoms with Gasteiger partial charge in [0, 0.05) is 12.8 Å². The zero-order valence-electron chi connectivity index (χ0n) is 14.1. The Morgan fingerprint density at radius 3 is 2.33 bits per heavy atom. The predicted molar refractivity (Wildman–Crippen MR) is 96.4 cm³/mol. The third-order valence-corrected chi connectivity index (χ3v) is 4.93. The number of aliphatic imine (C=N–C) groups is 1. The van der Waals surface area contributed by atoms with Gasteiger partial charge in [-0.05, 0) is 55.8 Å². The van der Waals surface area contributed by atoms with Gasteiger partial charge in [-0.3, -0.25) is 4.99 Å². The third-order valence-electron chi connectivity index (χ3n) is 3.49. The topological polar surface area (TPSA) is 67.8 Å². The van der Waals surface area contributed by atoms with Gasteiger partial charge in [-0.15, -0.1) is 0 Å². The van der Waals surface area contributed by atoms with E-state index in [2.05, 4.69) is 9.71 Å². The number of methoxy groups -OCH3 is 1. The minimum atomic E-state index is -3.50. The van der Waals surface area contributed by atoms with Gasteiger partial charge < -0.3 is 4.74 Å². The molecule has 0 aliphatic heterocycles. The third kappa shape index (κ3) is 5.18. The molecule has 1 N–H and O–H groups in total. The lowest BCUT2D eigenvalue weighted by Gasteiger charge is -2.10. The largest absolute Gasteiger partial charge is 0.497 e. The molecule has 2 rings (SSSR count). The highest BCUT2D eigenvalue weighted by Gasteiger charge is 2.14. The van der Waals surface area contributed by atoms with E-state index < -0.39 is 10.0 Å². The van der Waals surface area contributed by atoms with Crippen LogP contribution in [0.1, 0.15) is 18.1 Å². The number of aryl methyl sites for hydroxylation is 1. The van der Waals surface area contributed by atoms with Crippen molar-refractivity contribution >= 4 is 16.2 Å². The first-order valence-electron chi connectivity index (χ1n) is 7.64. The molecule has 1 atom stereocenters. The second-order valence-corrected chi connectivity index (χ2v) is 7.33. The summed E-state index contributed by atoms with van der Waals surface area (Å²) in [6.45, 7) is 4.01. The Bertz CT molecular complexity index is 782. The Labute approximate surface area is 143 Å². The zero-order chi connectivity index (χ0) is 17.6. The quantitative estimate of drug-likeness (QED) is 0.784. The summed E-state index contributed by atoms with van der Waals surface area (Å²) in [6.07, 6.45) is 1.73. The molecule has 0 unspecified atom stereocenters. The molecule has 0 amide bonds. The van der Waals surface area contributed by atoms with E-state index in [1.165, 1.54) is 0 Å². The van der Waals surface area contributed by atoms with Crippen molar-refractivity contribution in [2.45, 2.75) is 24.8 Å². The van der Waals surface area contributed by atoms with E-state index in [0.717, 1.165) is 16.9 Å². The van der Waals surface area contributed by atoms with E-state index in [1.807, 2.05) is 38.1 Å². The van der Waals surface area contributed by atoms with Crippen molar-refractivity contribution in [2.24, 2.45) is 4.99 Å². The van der Waals surface area contributed by atoms with E-state index in [4.69, 9.17) is 4.74 Å². The SMILES string of the molecule is COc1ccc(C=N[C@H](C)CNS(=O)(=O)c2ccc(C)cc2)cc1. The molecule has 0 spiro atoms. The van der Waals surface area contributed by atoms with Crippen LogP contribution in [0.25, 0.3) is 0 Å². The molecule has 2 aromatic carbocycles. The Kier molecular flexibility index (Phi) is 6.11. The van der Waals surface area contributed by atoms with Gasteiger partial charge >= 0.3 is 0 Å². The summed E-state index contributed by atoms with van der Waals surface area (Å²) in [4.78, 5) is 4.63. The molecule has 0 radical (unpaired) electrons. The lowest BCUT2D eigenvalue weighted by Crippen LogP contribution is -2.30. The number of benzene rings is 2. The van der Waals surface area contributed by atoms with E-state index >= 15 is 0 Å². The molecule has 0 aromatic heterocycles. The van der Waals surface area contributed by atoms with Crippen molar-refractivity contribution in [3.05, 3.63) is 59.7 Å². The van der Waals surface area contributed by atoms with Gasteiger partial charge in [-0.25, -0.2) is 13.1 Å². The number of nitrogens with zero attached hydrogens (tertiary/aromatic N) is 1. The highest BCUT2D eigenvalue weighted by molar-refractivity contribution is 7.89. The van der Waals surface area contributed by atoms with Crippen LogP contribution in [0.5, 0.6) is 5.75 Å². The Balaban J connectivity index is 1.93. The highest BCUT2D eigenvalue weighted by atomic mass is 32.2. The number of nitrogens with one attached hydrogen (secondary N) is 1. The minimum absolute atomic E-state index is 0.174. The van der Waals surface area contributed by atoms with Gasteiger partial charge in [0.05, 0.1) is 18.0 Å². The maximum Gasteiger partial charge on any atom is 0.240 e. The monoisotopic (exact) mass is 346 g/mol. The first-order chi connectivity index (χ1) is 11.4. The summed E-state index contributed by atoms with van der Waals surface area (Å²) in [6, 6.07) is 14.1. The molecule has 2 aromatic rings. The summed E-state index contributed by atoms with van der Waals surface area (Å²) in [5.74, 6) is 0.783. The fraction of sp³-hybridized carbons (Fsp3) is 0.278. The molecule has 128 valence electrons. The average Bonchev–Trinajstić information content (AvgIpc) is 2.59. The maximum absolute atomic E-state index is 12.2. The molecular weight excluding hydrogens is 324 g/mol. The number of hydrogen-bond acceptors (Lipinski definition) is 4. The van der Waals surface area contributed by atoms with Crippen LogP contribution in [0.3, 0.4) is 0 Å². The molecule has 0 heterocycles. The lowest BCUT2D eigenvalue weighted by atomic mass is 10.2. The fourth-order valence-electron chi connectivity index (χ4n) is 1.99. The molecule has 0 bridgehead atoms. The Morgan fingerprint density at radius 1 is 1.12 bits per heavy atom. The summed E-state index contributed by atoms with van der Waals surface area (Å²) in [7, 11) is -1.89. The fourth-order valence-corrected chi connectivity index (χ4v) is 3.11. The molecule has 0 aliphatic carbocycles. The van der Waals surface area contributed by atoms with Crippen molar-refractivity contribution < 1.29 is 13.2 Å². The van der Waals surface area contributed by atoms with Gasteiger partial charge in [0.2, 0.25) is 10.0 Å². The van der Waals surface area contributed by atoms with Gasteiger partial charge in [0.15, 0.2) is 0 Å². The van der Waals surface area contributed by atoms with E-state index in [-0.39, 0.29) is 17.5 Å². The molecule has 0 saturated carbocycles. The summed E-state index contributed by atoms with van der Waals surface area (Å²) in [5, 5.41) is 0. The summed E-state index contributed by atoms with van der Waals surface area (Å²) in [5.41, 5.74) is 1.95. The van der Waals surface area contributed by atoms with E-state index in [0.29, 0.717) is 0 Å². The van der Waals surface area contributed by atoms with E-state index in [1.54, 1.807) is 37.6 Å². The molecule has 6 heteroatoms. The molecule has 24 heavy (non-hydrogen) atoms. The zero-order valence-corrected chi connectivity index (χ0v) is 14.9. The van der Waals surface area contributed by atoms with Gasteiger partial charge in [0.25, 0.3) is 0 Å². The van der Waals surface area contributed by atoms with Crippen LogP contribution in [0.4, 0.5) is 0 Å². The van der Waals surface area contributed by atoms with Gasteiger partial charge in [-0.1, -0.05) is 17.7 Å². The van der Waals surface area contributed by atoms with Gasteiger partial charge in [0.1, 0.15) is 5.75 Å². The average molecular weight is 346 g/mol. The Hall–Kier alpha value is -2.18. The van der Waals surface area contributed by atoms with Crippen LogP contribution in [0, 0.1) is 6.92 Å². The predicted octanol–water partition coefficient (Wildman–Crippen LogP) is 2.79. The van der Waals surface area contributed by atoms with Crippen LogP contribution in [-0.2, 0) is 10.0 Å². The second-order valence-electron chi connectivity index (χ2n) is 5.57. The molecule has 0 fully saturated rings. The number of ether oxygens (including phenoxy) is 1. The van der Waals surface area contributed by atoms with Crippen LogP contribution in [0.2, 0.25) is 0 Å². The minimum Gasteiger partial charge on any atom is -0.497 e. The van der Waals surface area contributed by atoms with Crippen LogP contribution in [0.15, 0.2) is 58.4 Å². The first kappa shape index (κ1) is 18.2. The van der Waals surface area contributed by atoms with Crippen molar-refractivity contribution in [2.75, 3.05) is 13.7 Å². The van der Waals surface area contributed by atoms with Crippen molar-refractivity contribution in [1.29, 1.82) is 0 Å². The second kappa shape index (κ2) is 8.08. The number of hydrogen-bond donors (Lipinski definition) is 1. The smallest absolute Gasteiger partial charge is 0.240 e. The van der Waals surface area contributed by atoms with Crippen molar-refractivity contribution in [3.8, 4) is 5.75 Å². The molecule has 0 aliphatic rings. The summed E-state index contributed by atoms with van der Waals surface area (Å²) >= 11 is 0. The summed E-state index contributed by atoms with van der Waals surface area (Å²) < 4.78 is 32.1. The Morgan fingerprint density at radius 2 is 1.75 bits per heavy atom. The van der Waals surface area contributed by atoms with Crippen molar-refractivity contribution in [1.82, 2.24) is 4.72 Å². The normalized spacial score (nSPS) is 13.1. The van der Waals surface area contributed by atoms with Crippen LogP contribution in [-0.4, -0.2) is 34.3 Å².